The summed E-state index contributed by atoms with van der Waals surface area (Å²) < 4.78 is 4.66. The molecule has 1 aliphatic rings. The van der Waals surface area contributed by atoms with Crippen molar-refractivity contribution in [2.75, 3.05) is 20.2 Å². The second-order valence-electron chi connectivity index (χ2n) is 4.01. The summed E-state index contributed by atoms with van der Waals surface area (Å²) >= 11 is 1.45. The quantitative estimate of drug-likeness (QED) is 0.813. The standard InChI is InChI=1S/C11H16N2O2S/c1-15-11(14)9-7-13-10(16-9)6-8-2-4-12-5-3-8/h7-8,12H,2-6H2,1H3. The Kier molecular flexibility index (Phi) is 3.90. The van der Waals surface area contributed by atoms with Gasteiger partial charge in [-0.25, -0.2) is 9.78 Å². The molecular weight excluding hydrogens is 224 g/mol. The fourth-order valence-electron chi connectivity index (χ4n) is 1.93. The Bertz CT molecular complexity index is 359. The summed E-state index contributed by atoms with van der Waals surface area (Å²) in [4.78, 5) is 16.1. The van der Waals surface area contributed by atoms with Crippen LogP contribution in [0.25, 0.3) is 0 Å². The first kappa shape index (κ1) is 11.5. The lowest BCUT2D eigenvalue weighted by Gasteiger charge is -2.21. The van der Waals surface area contributed by atoms with Crippen molar-refractivity contribution in [2.45, 2.75) is 19.3 Å². The van der Waals surface area contributed by atoms with Gasteiger partial charge in [-0.2, -0.15) is 0 Å². The number of aromatic nitrogens is 1. The summed E-state index contributed by atoms with van der Waals surface area (Å²) in [6, 6.07) is 0. The maximum Gasteiger partial charge on any atom is 0.349 e. The highest BCUT2D eigenvalue weighted by atomic mass is 32.1. The Hall–Kier alpha value is -0.940. The Balaban J connectivity index is 1.94. The lowest BCUT2D eigenvalue weighted by Crippen LogP contribution is -2.28. The molecule has 16 heavy (non-hydrogen) atoms. The molecule has 4 nitrogen and oxygen atoms in total. The first-order valence-electron chi connectivity index (χ1n) is 5.53. The Morgan fingerprint density at radius 1 is 1.62 bits per heavy atom. The molecule has 1 aromatic heterocycles. The molecule has 0 unspecified atom stereocenters. The van der Waals surface area contributed by atoms with E-state index in [1.807, 2.05) is 0 Å². The van der Waals surface area contributed by atoms with Crippen LogP contribution in [0.2, 0.25) is 0 Å². The van der Waals surface area contributed by atoms with Gasteiger partial charge >= 0.3 is 5.97 Å². The minimum absolute atomic E-state index is 0.283. The van der Waals surface area contributed by atoms with Crippen LogP contribution in [0.3, 0.4) is 0 Å². The maximum absolute atomic E-state index is 11.3. The Labute approximate surface area is 99.0 Å². The van der Waals surface area contributed by atoms with Crippen molar-refractivity contribution in [1.82, 2.24) is 10.3 Å². The van der Waals surface area contributed by atoms with Crippen LogP contribution >= 0.6 is 11.3 Å². The van der Waals surface area contributed by atoms with E-state index in [-0.39, 0.29) is 5.97 Å². The lowest BCUT2D eigenvalue weighted by molar-refractivity contribution is 0.0606. The van der Waals surface area contributed by atoms with Crippen LogP contribution in [0.1, 0.15) is 27.5 Å². The van der Waals surface area contributed by atoms with Crippen molar-refractivity contribution < 1.29 is 9.53 Å². The second-order valence-corrected chi connectivity index (χ2v) is 5.12. The average Bonchev–Trinajstić information content (AvgIpc) is 2.78. The molecule has 0 radical (unpaired) electrons. The lowest BCUT2D eigenvalue weighted by atomic mass is 9.95. The molecule has 88 valence electrons. The van der Waals surface area contributed by atoms with E-state index >= 15 is 0 Å². The van der Waals surface area contributed by atoms with Crippen molar-refractivity contribution >= 4 is 17.3 Å². The van der Waals surface area contributed by atoms with Crippen LogP contribution in [0, 0.1) is 5.92 Å². The molecule has 1 fully saturated rings. The molecule has 2 heterocycles. The normalized spacial score (nSPS) is 17.3. The van der Waals surface area contributed by atoms with Gasteiger partial charge in [-0.15, -0.1) is 11.3 Å². The van der Waals surface area contributed by atoms with Gasteiger partial charge in [0.15, 0.2) is 0 Å². The molecular formula is C11H16N2O2S. The number of carbonyl (C=O) groups excluding carboxylic acids is 1. The highest BCUT2D eigenvalue weighted by molar-refractivity contribution is 7.13. The van der Waals surface area contributed by atoms with E-state index in [0.29, 0.717) is 10.8 Å². The average molecular weight is 240 g/mol. The highest BCUT2D eigenvalue weighted by Gasteiger charge is 2.17. The molecule has 0 bridgehead atoms. The first-order chi connectivity index (χ1) is 7.79. The number of carbonyl (C=O) groups is 1. The predicted octanol–water partition coefficient (Wildman–Crippen LogP) is 1.47. The smallest absolute Gasteiger partial charge is 0.349 e. The van der Waals surface area contributed by atoms with E-state index in [9.17, 15) is 4.79 Å². The molecule has 0 saturated carbocycles. The summed E-state index contributed by atoms with van der Waals surface area (Å²) in [5.41, 5.74) is 0. The number of piperidine rings is 1. The number of ether oxygens (including phenoxy) is 1. The van der Waals surface area contributed by atoms with Crippen molar-refractivity contribution in [1.29, 1.82) is 0 Å². The fraction of sp³-hybridized carbons (Fsp3) is 0.636. The van der Waals surface area contributed by atoms with Crippen LogP contribution < -0.4 is 5.32 Å². The first-order valence-corrected chi connectivity index (χ1v) is 6.35. The topological polar surface area (TPSA) is 51.2 Å². The molecule has 0 aromatic carbocycles. The molecule has 5 heteroatoms. The zero-order chi connectivity index (χ0) is 11.4. The van der Waals surface area contributed by atoms with Gasteiger partial charge in [0.1, 0.15) is 4.88 Å². The third-order valence-corrected chi connectivity index (χ3v) is 3.86. The molecule has 1 aliphatic heterocycles. The molecule has 1 saturated heterocycles. The number of esters is 1. The number of nitrogens with zero attached hydrogens (tertiary/aromatic N) is 1. The van der Waals surface area contributed by atoms with Crippen molar-refractivity contribution in [3.63, 3.8) is 0 Å². The third kappa shape index (κ3) is 2.80. The summed E-state index contributed by atoms with van der Waals surface area (Å²) in [7, 11) is 1.40. The monoisotopic (exact) mass is 240 g/mol. The number of methoxy groups -OCH3 is 1. The summed E-state index contributed by atoms with van der Waals surface area (Å²) in [6.07, 6.45) is 5.01. The van der Waals surface area contributed by atoms with Gasteiger partial charge < -0.3 is 10.1 Å². The van der Waals surface area contributed by atoms with Crippen LogP contribution in [0.15, 0.2) is 6.20 Å². The molecule has 0 aliphatic carbocycles. The third-order valence-electron chi connectivity index (χ3n) is 2.86. The van der Waals surface area contributed by atoms with E-state index in [1.165, 1.54) is 31.3 Å². The molecule has 1 N–H and O–H groups in total. The predicted molar refractivity (Wildman–Crippen MR) is 62.8 cm³/mol. The minimum Gasteiger partial charge on any atom is -0.465 e. The van der Waals surface area contributed by atoms with Gasteiger partial charge in [-0.1, -0.05) is 0 Å². The zero-order valence-corrected chi connectivity index (χ0v) is 10.2. The molecule has 1 aromatic rings. The molecule has 0 atom stereocenters. The van der Waals surface area contributed by atoms with E-state index < -0.39 is 0 Å². The maximum atomic E-state index is 11.3. The van der Waals surface area contributed by atoms with Crippen LogP contribution in [0.4, 0.5) is 0 Å². The van der Waals surface area contributed by atoms with Crippen LogP contribution in [0.5, 0.6) is 0 Å². The van der Waals surface area contributed by atoms with E-state index in [0.717, 1.165) is 24.5 Å². The van der Waals surface area contributed by atoms with E-state index in [2.05, 4.69) is 15.0 Å². The number of hydrogen-bond acceptors (Lipinski definition) is 5. The van der Waals surface area contributed by atoms with Gasteiger partial charge in [0.05, 0.1) is 18.3 Å². The van der Waals surface area contributed by atoms with E-state index in [4.69, 9.17) is 0 Å². The SMILES string of the molecule is COC(=O)c1cnc(CC2CCNCC2)s1. The van der Waals surface area contributed by atoms with Crippen LogP contribution in [-0.2, 0) is 11.2 Å². The summed E-state index contributed by atoms with van der Waals surface area (Å²) in [5.74, 6) is 0.423. The number of hydrogen-bond donors (Lipinski definition) is 1. The van der Waals surface area contributed by atoms with Gasteiger partial charge in [0.2, 0.25) is 0 Å². The van der Waals surface area contributed by atoms with Gasteiger partial charge in [-0.05, 0) is 31.8 Å². The van der Waals surface area contributed by atoms with Crippen molar-refractivity contribution in [3.8, 4) is 0 Å². The second kappa shape index (κ2) is 5.41. The Morgan fingerprint density at radius 3 is 3.06 bits per heavy atom. The molecule has 2 rings (SSSR count). The largest absolute Gasteiger partial charge is 0.465 e. The molecule has 0 spiro atoms. The van der Waals surface area contributed by atoms with Gasteiger partial charge in [0.25, 0.3) is 0 Å². The Morgan fingerprint density at radius 2 is 2.38 bits per heavy atom. The van der Waals surface area contributed by atoms with Gasteiger partial charge in [-0.3, -0.25) is 0 Å². The zero-order valence-electron chi connectivity index (χ0n) is 9.36. The number of thiazole rings is 1. The van der Waals surface area contributed by atoms with Crippen molar-refractivity contribution in [2.24, 2.45) is 5.92 Å². The minimum atomic E-state index is -0.283. The number of rotatable bonds is 3. The fourth-order valence-corrected chi connectivity index (χ4v) is 2.88. The van der Waals surface area contributed by atoms with E-state index in [1.54, 1.807) is 6.20 Å². The van der Waals surface area contributed by atoms with Gasteiger partial charge in [0, 0.05) is 6.42 Å². The number of nitrogens with one attached hydrogen (secondary N) is 1. The van der Waals surface area contributed by atoms with Crippen LogP contribution in [-0.4, -0.2) is 31.2 Å². The summed E-state index contributed by atoms with van der Waals surface area (Å²) in [5, 5.41) is 4.39. The van der Waals surface area contributed by atoms with Crippen molar-refractivity contribution in [3.05, 3.63) is 16.1 Å². The highest BCUT2D eigenvalue weighted by Crippen LogP contribution is 2.22. The summed E-state index contributed by atoms with van der Waals surface area (Å²) in [6.45, 7) is 2.19. The molecule has 0 amide bonds.